The van der Waals surface area contributed by atoms with Gasteiger partial charge < -0.3 is 10.4 Å². The maximum absolute atomic E-state index is 13.4. The summed E-state index contributed by atoms with van der Waals surface area (Å²) in [6, 6.07) is 1.54. The van der Waals surface area contributed by atoms with Crippen molar-refractivity contribution >= 4 is 33.3 Å². The van der Waals surface area contributed by atoms with Gasteiger partial charge in [-0.15, -0.1) is 0 Å². The topological polar surface area (TPSA) is 92.5 Å². The molecule has 6 nitrogen and oxygen atoms in total. The Morgan fingerprint density at radius 3 is 2.60 bits per heavy atom. The average Bonchev–Trinajstić information content (AvgIpc) is 2.31. The van der Waals surface area contributed by atoms with Gasteiger partial charge in [0.1, 0.15) is 11.5 Å². The van der Waals surface area contributed by atoms with Crippen LogP contribution < -0.4 is 5.32 Å². The minimum absolute atomic E-state index is 0.0606. The van der Waals surface area contributed by atoms with Crippen molar-refractivity contribution in [1.29, 1.82) is 0 Å². The third-order valence-electron chi connectivity index (χ3n) is 2.78. The first kappa shape index (κ1) is 16.4. The Kier molecular flexibility index (Phi) is 5.43. The van der Waals surface area contributed by atoms with Crippen LogP contribution in [-0.4, -0.2) is 22.0 Å². The molecule has 0 bridgehead atoms. The first-order chi connectivity index (χ1) is 9.22. The molecule has 0 spiro atoms. The summed E-state index contributed by atoms with van der Waals surface area (Å²) in [5.41, 5.74) is -0.343. The number of nitro groups is 1. The van der Waals surface area contributed by atoms with Crippen LogP contribution in [0.5, 0.6) is 0 Å². The lowest BCUT2D eigenvalue weighted by molar-refractivity contribution is -0.384. The van der Waals surface area contributed by atoms with Crippen molar-refractivity contribution < 1.29 is 19.2 Å². The third-order valence-corrected chi connectivity index (χ3v) is 3.38. The van der Waals surface area contributed by atoms with Crippen molar-refractivity contribution in [3.8, 4) is 0 Å². The number of carboxylic acids is 1. The zero-order valence-corrected chi connectivity index (χ0v) is 12.5. The van der Waals surface area contributed by atoms with E-state index in [0.717, 1.165) is 6.07 Å². The van der Waals surface area contributed by atoms with Crippen molar-refractivity contribution in [2.75, 3.05) is 5.32 Å². The Labute approximate surface area is 123 Å². The summed E-state index contributed by atoms with van der Waals surface area (Å²) >= 11 is 2.95. The van der Waals surface area contributed by atoms with Gasteiger partial charge in [0.2, 0.25) is 0 Å². The highest BCUT2D eigenvalue weighted by Crippen LogP contribution is 2.32. The molecule has 1 aromatic carbocycles. The highest BCUT2D eigenvalue weighted by Gasteiger charge is 2.23. The monoisotopic (exact) mass is 348 g/mol. The number of nitrogens with one attached hydrogen (secondary N) is 1. The number of aliphatic carboxylic acids is 1. The summed E-state index contributed by atoms with van der Waals surface area (Å²) in [6.07, 6.45) is -0.191. The molecule has 1 rings (SSSR count). The molecule has 2 N–H and O–H groups in total. The van der Waals surface area contributed by atoms with E-state index in [1.165, 1.54) is 6.07 Å². The molecule has 0 aliphatic heterocycles. The molecule has 1 aromatic rings. The molecule has 110 valence electrons. The molecule has 0 amide bonds. The molecule has 0 fully saturated rings. The van der Waals surface area contributed by atoms with Crippen LogP contribution in [0.2, 0.25) is 0 Å². The highest BCUT2D eigenvalue weighted by molar-refractivity contribution is 9.10. The van der Waals surface area contributed by atoms with E-state index >= 15 is 0 Å². The molecule has 0 saturated heterocycles. The zero-order valence-electron chi connectivity index (χ0n) is 10.9. The summed E-state index contributed by atoms with van der Waals surface area (Å²) < 4.78 is 13.4. The van der Waals surface area contributed by atoms with E-state index in [1.807, 2.05) is 0 Å². The van der Waals surface area contributed by atoms with Crippen molar-refractivity contribution in [3.05, 3.63) is 32.5 Å². The van der Waals surface area contributed by atoms with Gasteiger partial charge in [0, 0.05) is 6.04 Å². The number of carbonyl (C=O) groups is 1. The molecular formula is C12H14BrFN2O4. The SMILES string of the molecule is CC(C)C(CC(=O)O)Nc1cc(Br)c(F)cc1[N+](=O)[O-]. The van der Waals surface area contributed by atoms with Crippen LogP contribution in [0.4, 0.5) is 15.8 Å². The molecule has 0 saturated carbocycles. The molecule has 20 heavy (non-hydrogen) atoms. The number of anilines is 1. The smallest absolute Gasteiger partial charge is 0.305 e. The maximum atomic E-state index is 13.4. The second-order valence-corrected chi connectivity index (χ2v) is 5.49. The van der Waals surface area contributed by atoms with Gasteiger partial charge in [-0.25, -0.2) is 4.39 Å². The van der Waals surface area contributed by atoms with Gasteiger partial charge in [0.05, 0.1) is 21.9 Å². The van der Waals surface area contributed by atoms with E-state index in [2.05, 4.69) is 21.2 Å². The van der Waals surface area contributed by atoms with Crippen molar-refractivity contribution in [2.45, 2.75) is 26.3 Å². The first-order valence-electron chi connectivity index (χ1n) is 5.84. The lowest BCUT2D eigenvalue weighted by Crippen LogP contribution is -2.28. The number of halogens is 2. The second-order valence-electron chi connectivity index (χ2n) is 4.63. The minimum atomic E-state index is -1.01. The maximum Gasteiger partial charge on any atom is 0.305 e. The summed E-state index contributed by atoms with van der Waals surface area (Å²) in [5.74, 6) is -1.82. The lowest BCUT2D eigenvalue weighted by Gasteiger charge is -2.21. The van der Waals surface area contributed by atoms with Crippen LogP contribution in [0, 0.1) is 21.8 Å². The fraction of sp³-hybridized carbons (Fsp3) is 0.417. The van der Waals surface area contributed by atoms with E-state index in [0.29, 0.717) is 0 Å². The van der Waals surface area contributed by atoms with Gasteiger partial charge in [-0.3, -0.25) is 14.9 Å². The van der Waals surface area contributed by atoms with Crippen LogP contribution in [0.1, 0.15) is 20.3 Å². The number of nitro benzene ring substituents is 1. The number of benzene rings is 1. The van der Waals surface area contributed by atoms with Crippen LogP contribution in [-0.2, 0) is 4.79 Å². The van der Waals surface area contributed by atoms with Gasteiger partial charge in [-0.2, -0.15) is 0 Å². The predicted molar refractivity (Wildman–Crippen MR) is 75.3 cm³/mol. The number of nitrogens with zero attached hydrogens (tertiary/aromatic N) is 1. The summed E-state index contributed by atoms with van der Waals surface area (Å²) in [4.78, 5) is 21.0. The van der Waals surface area contributed by atoms with Gasteiger partial charge in [0.25, 0.3) is 5.69 Å². The molecule has 0 aliphatic carbocycles. The van der Waals surface area contributed by atoms with Crippen LogP contribution >= 0.6 is 15.9 Å². The fourth-order valence-corrected chi connectivity index (χ4v) is 1.99. The number of hydrogen-bond acceptors (Lipinski definition) is 4. The number of rotatable bonds is 6. The van der Waals surface area contributed by atoms with Crippen molar-refractivity contribution in [2.24, 2.45) is 5.92 Å². The third kappa shape index (κ3) is 4.16. The Balaban J connectivity index is 3.14. The largest absolute Gasteiger partial charge is 0.481 e. The summed E-state index contributed by atoms with van der Waals surface area (Å²) in [7, 11) is 0. The van der Waals surface area contributed by atoms with Crippen LogP contribution in [0.3, 0.4) is 0 Å². The van der Waals surface area contributed by atoms with Gasteiger partial charge in [0.15, 0.2) is 0 Å². The standard InChI is InChI=1S/C12H14BrFN2O4/c1-6(2)9(5-12(17)18)15-10-3-7(13)8(14)4-11(10)16(19)20/h3-4,6,9,15H,5H2,1-2H3,(H,17,18). The Bertz CT molecular complexity index is 536. The Morgan fingerprint density at radius 1 is 1.55 bits per heavy atom. The van der Waals surface area contributed by atoms with Crippen molar-refractivity contribution in [1.82, 2.24) is 0 Å². The summed E-state index contributed by atoms with van der Waals surface area (Å²) in [6.45, 7) is 3.59. The lowest BCUT2D eigenvalue weighted by atomic mass is 10.0. The molecule has 1 unspecified atom stereocenters. The summed E-state index contributed by atoms with van der Waals surface area (Å²) in [5, 5.41) is 22.6. The second kappa shape index (κ2) is 6.65. The van der Waals surface area contributed by atoms with Crippen molar-refractivity contribution in [3.63, 3.8) is 0 Å². The molecule has 1 atom stereocenters. The normalized spacial score (nSPS) is 12.2. The van der Waals surface area contributed by atoms with Crippen LogP contribution in [0.25, 0.3) is 0 Å². The van der Waals surface area contributed by atoms with Crippen LogP contribution in [0.15, 0.2) is 16.6 Å². The number of hydrogen-bond donors (Lipinski definition) is 2. The fourth-order valence-electron chi connectivity index (χ4n) is 1.64. The molecule has 8 heteroatoms. The van der Waals surface area contributed by atoms with E-state index in [1.54, 1.807) is 13.8 Å². The minimum Gasteiger partial charge on any atom is -0.481 e. The average molecular weight is 349 g/mol. The molecule has 0 radical (unpaired) electrons. The zero-order chi connectivity index (χ0) is 15.4. The van der Waals surface area contributed by atoms with E-state index in [-0.39, 0.29) is 22.5 Å². The molecular weight excluding hydrogens is 335 g/mol. The first-order valence-corrected chi connectivity index (χ1v) is 6.63. The predicted octanol–water partition coefficient (Wildman–Crippen LogP) is 3.41. The highest BCUT2D eigenvalue weighted by atomic mass is 79.9. The van der Waals surface area contributed by atoms with E-state index in [4.69, 9.17) is 5.11 Å². The quantitative estimate of drug-likeness (QED) is 0.607. The van der Waals surface area contributed by atoms with Gasteiger partial charge >= 0.3 is 5.97 Å². The number of carboxylic acid groups (broad SMARTS) is 1. The van der Waals surface area contributed by atoms with Gasteiger partial charge in [-0.1, -0.05) is 13.8 Å². The van der Waals surface area contributed by atoms with Gasteiger partial charge in [-0.05, 0) is 27.9 Å². The van der Waals surface area contributed by atoms with E-state index in [9.17, 15) is 19.3 Å². The molecule has 0 aliphatic rings. The Morgan fingerprint density at radius 2 is 2.15 bits per heavy atom. The molecule has 0 heterocycles. The Hall–Kier alpha value is -1.70. The molecule has 0 aromatic heterocycles. The van der Waals surface area contributed by atoms with E-state index < -0.39 is 28.4 Å².